The minimum atomic E-state index is -0.816. The summed E-state index contributed by atoms with van der Waals surface area (Å²) in [5.74, 6) is -3.23. The fraction of sp³-hybridized carbons (Fsp3) is 0.500. The van der Waals surface area contributed by atoms with Crippen molar-refractivity contribution < 1.29 is 38.1 Å². The Balaban J connectivity index is 3.57. The summed E-state index contributed by atoms with van der Waals surface area (Å²) in [6.07, 6.45) is 1.15. The lowest BCUT2D eigenvalue weighted by Gasteiger charge is -2.14. The van der Waals surface area contributed by atoms with Crippen LogP contribution in [-0.2, 0) is 18.9 Å². The van der Waals surface area contributed by atoms with Gasteiger partial charge in [0.15, 0.2) is 0 Å². The maximum Gasteiger partial charge on any atom is 0.339 e. The lowest BCUT2D eigenvalue weighted by atomic mass is 9.98. The smallest absolute Gasteiger partial charge is 0.339 e. The summed E-state index contributed by atoms with van der Waals surface area (Å²) >= 11 is 0. The lowest BCUT2D eigenvalue weighted by Crippen LogP contribution is -2.21. The average Bonchev–Trinajstić information content (AvgIpc) is 2.69. The molecule has 0 aromatic heterocycles. The van der Waals surface area contributed by atoms with E-state index < -0.39 is 23.9 Å². The predicted molar refractivity (Wildman–Crippen MR) is 99.5 cm³/mol. The molecule has 1 rings (SSSR count). The van der Waals surface area contributed by atoms with Crippen LogP contribution in [0.4, 0.5) is 0 Å². The van der Waals surface area contributed by atoms with Crippen molar-refractivity contribution in [1.29, 1.82) is 0 Å². The molecule has 0 saturated heterocycles. The molecule has 1 aromatic carbocycles. The molecule has 0 unspecified atom stereocenters. The fourth-order valence-corrected chi connectivity index (χ4v) is 2.24. The van der Waals surface area contributed by atoms with E-state index in [1.165, 1.54) is 0 Å². The molecular formula is C20H26O8. The van der Waals surface area contributed by atoms with Crippen LogP contribution in [0.2, 0.25) is 0 Å². The van der Waals surface area contributed by atoms with Gasteiger partial charge in [0.1, 0.15) is 0 Å². The standard InChI is InChI=1S/C20H26O8/c1-5-9-27-19(23)15-11-13(17(21)25-7-3)14(18(22)26-8-4)12-16(15)20(24)28-10-6-2/h11-12H,5-10H2,1-4H3. The van der Waals surface area contributed by atoms with Gasteiger partial charge in [-0.2, -0.15) is 0 Å². The highest BCUT2D eigenvalue weighted by molar-refractivity contribution is 6.10. The van der Waals surface area contributed by atoms with Gasteiger partial charge in [-0.1, -0.05) is 13.8 Å². The Kier molecular flexibility index (Phi) is 9.70. The van der Waals surface area contributed by atoms with E-state index in [0.717, 1.165) is 12.1 Å². The maximum atomic E-state index is 12.4. The molecule has 0 spiro atoms. The molecule has 0 fully saturated rings. The van der Waals surface area contributed by atoms with Gasteiger partial charge in [0.05, 0.1) is 48.7 Å². The van der Waals surface area contributed by atoms with Crippen molar-refractivity contribution in [3.8, 4) is 0 Å². The van der Waals surface area contributed by atoms with Crippen LogP contribution in [0.25, 0.3) is 0 Å². The molecule has 0 N–H and O–H groups in total. The van der Waals surface area contributed by atoms with Crippen molar-refractivity contribution >= 4 is 23.9 Å². The summed E-state index contributed by atoms with van der Waals surface area (Å²) in [7, 11) is 0. The Morgan fingerprint density at radius 3 is 1.11 bits per heavy atom. The van der Waals surface area contributed by atoms with Crippen molar-refractivity contribution in [2.45, 2.75) is 40.5 Å². The van der Waals surface area contributed by atoms with E-state index in [9.17, 15) is 19.2 Å². The number of rotatable bonds is 10. The number of ether oxygens (including phenoxy) is 4. The SMILES string of the molecule is CCCOC(=O)c1cc(C(=O)OCC)c(C(=O)OCC)cc1C(=O)OCCC. The van der Waals surface area contributed by atoms with Crippen LogP contribution in [0.5, 0.6) is 0 Å². The number of hydrogen-bond acceptors (Lipinski definition) is 8. The highest BCUT2D eigenvalue weighted by Crippen LogP contribution is 2.22. The Morgan fingerprint density at radius 1 is 0.571 bits per heavy atom. The summed E-state index contributed by atoms with van der Waals surface area (Å²) in [5, 5.41) is 0. The van der Waals surface area contributed by atoms with Crippen molar-refractivity contribution in [3.63, 3.8) is 0 Å². The third kappa shape index (κ3) is 6.07. The van der Waals surface area contributed by atoms with Gasteiger partial charge in [0, 0.05) is 0 Å². The van der Waals surface area contributed by atoms with Gasteiger partial charge in [0.2, 0.25) is 0 Å². The molecule has 0 aliphatic heterocycles. The van der Waals surface area contributed by atoms with Crippen LogP contribution >= 0.6 is 0 Å². The summed E-state index contributed by atoms with van der Waals surface area (Å²) in [6.45, 7) is 7.25. The first kappa shape index (κ1) is 23.1. The van der Waals surface area contributed by atoms with Crippen LogP contribution in [0, 0.1) is 0 Å². The van der Waals surface area contributed by atoms with E-state index in [1.54, 1.807) is 13.8 Å². The quantitative estimate of drug-likeness (QED) is 0.440. The lowest BCUT2D eigenvalue weighted by molar-refractivity contribution is 0.0449. The van der Waals surface area contributed by atoms with Gasteiger partial charge < -0.3 is 18.9 Å². The molecule has 8 heteroatoms. The van der Waals surface area contributed by atoms with Crippen LogP contribution in [-0.4, -0.2) is 50.3 Å². The molecule has 0 radical (unpaired) electrons. The summed E-state index contributed by atoms with van der Waals surface area (Å²) < 4.78 is 20.1. The Morgan fingerprint density at radius 2 is 0.857 bits per heavy atom. The fourth-order valence-electron chi connectivity index (χ4n) is 2.24. The number of hydrogen-bond donors (Lipinski definition) is 0. The Labute approximate surface area is 164 Å². The van der Waals surface area contributed by atoms with E-state index in [1.807, 2.05) is 13.8 Å². The molecule has 0 aliphatic rings. The van der Waals surface area contributed by atoms with Gasteiger partial charge in [-0.25, -0.2) is 19.2 Å². The summed E-state index contributed by atoms with van der Waals surface area (Å²) in [5.41, 5.74) is -0.720. The number of benzene rings is 1. The zero-order valence-corrected chi connectivity index (χ0v) is 16.7. The second-order valence-electron chi connectivity index (χ2n) is 5.66. The van der Waals surface area contributed by atoms with Gasteiger partial charge >= 0.3 is 23.9 Å². The van der Waals surface area contributed by atoms with Gasteiger partial charge in [-0.3, -0.25) is 0 Å². The minimum Gasteiger partial charge on any atom is -0.462 e. The Bertz CT molecular complexity index is 662. The van der Waals surface area contributed by atoms with E-state index in [-0.39, 0.29) is 48.7 Å². The second-order valence-corrected chi connectivity index (χ2v) is 5.66. The maximum absolute atomic E-state index is 12.4. The normalized spacial score (nSPS) is 10.1. The first-order valence-electron chi connectivity index (χ1n) is 9.27. The first-order valence-corrected chi connectivity index (χ1v) is 9.27. The van der Waals surface area contributed by atoms with Crippen LogP contribution in [0.3, 0.4) is 0 Å². The van der Waals surface area contributed by atoms with Crippen molar-refractivity contribution in [3.05, 3.63) is 34.4 Å². The zero-order valence-electron chi connectivity index (χ0n) is 16.7. The molecule has 1 aromatic rings. The third-order valence-electron chi connectivity index (χ3n) is 3.46. The van der Waals surface area contributed by atoms with Gasteiger partial charge in [-0.05, 0) is 38.8 Å². The van der Waals surface area contributed by atoms with Gasteiger partial charge in [-0.15, -0.1) is 0 Å². The van der Waals surface area contributed by atoms with E-state index in [0.29, 0.717) is 12.8 Å². The highest BCUT2D eigenvalue weighted by atomic mass is 16.5. The molecule has 154 valence electrons. The molecule has 0 bridgehead atoms. The molecule has 0 amide bonds. The largest absolute Gasteiger partial charge is 0.462 e. The Hall–Kier alpha value is -2.90. The van der Waals surface area contributed by atoms with E-state index in [2.05, 4.69) is 0 Å². The van der Waals surface area contributed by atoms with Crippen molar-refractivity contribution in [2.75, 3.05) is 26.4 Å². The van der Waals surface area contributed by atoms with E-state index >= 15 is 0 Å². The van der Waals surface area contributed by atoms with Crippen LogP contribution in [0.1, 0.15) is 82.0 Å². The first-order chi connectivity index (χ1) is 13.4. The van der Waals surface area contributed by atoms with E-state index in [4.69, 9.17) is 18.9 Å². The average molecular weight is 394 g/mol. The molecule has 28 heavy (non-hydrogen) atoms. The molecule has 0 heterocycles. The van der Waals surface area contributed by atoms with Crippen LogP contribution in [0.15, 0.2) is 12.1 Å². The monoisotopic (exact) mass is 394 g/mol. The van der Waals surface area contributed by atoms with Gasteiger partial charge in [0.25, 0.3) is 0 Å². The highest BCUT2D eigenvalue weighted by Gasteiger charge is 2.28. The number of carbonyl (C=O) groups is 4. The molecular weight excluding hydrogens is 368 g/mol. The molecule has 8 nitrogen and oxygen atoms in total. The third-order valence-corrected chi connectivity index (χ3v) is 3.46. The zero-order chi connectivity index (χ0) is 21.1. The second kappa shape index (κ2) is 11.7. The molecule has 0 saturated carbocycles. The summed E-state index contributed by atoms with van der Waals surface area (Å²) in [6, 6.07) is 2.23. The number of esters is 4. The van der Waals surface area contributed by atoms with Crippen LogP contribution < -0.4 is 0 Å². The van der Waals surface area contributed by atoms with Crippen molar-refractivity contribution in [1.82, 2.24) is 0 Å². The number of carbonyl (C=O) groups excluding carboxylic acids is 4. The topological polar surface area (TPSA) is 105 Å². The molecule has 0 aliphatic carbocycles. The summed E-state index contributed by atoms with van der Waals surface area (Å²) in [4.78, 5) is 49.5. The van der Waals surface area contributed by atoms with Crippen molar-refractivity contribution in [2.24, 2.45) is 0 Å². The predicted octanol–water partition coefficient (Wildman–Crippen LogP) is 3.17. The molecule has 0 atom stereocenters. The minimum absolute atomic E-state index is 0.0665.